The second-order valence-corrected chi connectivity index (χ2v) is 7.10. The first kappa shape index (κ1) is 18.5. The number of nitro benzene ring substituents is 1. The Kier molecular flexibility index (Phi) is 4.88. The Morgan fingerprint density at radius 3 is 2.69 bits per heavy atom. The minimum atomic E-state index is -0.415. The molecule has 1 amide bonds. The number of amides is 1. The van der Waals surface area contributed by atoms with Crippen LogP contribution in [-0.4, -0.2) is 20.8 Å². The number of nitro groups is 1. The minimum absolute atomic E-state index is 0.0243. The number of nitrogens with zero attached hydrogens (tertiary/aromatic N) is 3. The second kappa shape index (κ2) is 7.64. The highest BCUT2D eigenvalue weighted by atomic mass is 32.1. The van der Waals surface area contributed by atoms with E-state index >= 15 is 0 Å². The molecule has 0 fully saturated rings. The smallest absolute Gasteiger partial charge is 0.270 e. The number of hydrogen-bond acceptors (Lipinski definition) is 7. The SMILES string of the molecule is CC(=O)Nc1cccc(Nc2ncnc3scc(-c4cccc([N+](=O)[O-])c4)c23)c1. The van der Waals surface area contributed by atoms with Crippen LogP contribution in [0.3, 0.4) is 0 Å². The van der Waals surface area contributed by atoms with Crippen LogP contribution < -0.4 is 10.6 Å². The fraction of sp³-hybridized carbons (Fsp3) is 0.0500. The molecule has 2 aromatic heterocycles. The molecule has 9 heteroatoms. The van der Waals surface area contributed by atoms with Crippen LogP contribution in [0.5, 0.6) is 0 Å². The molecule has 29 heavy (non-hydrogen) atoms. The van der Waals surface area contributed by atoms with E-state index in [1.54, 1.807) is 18.2 Å². The summed E-state index contributed by atoms with van der Waals surface area (Å²) < 4.78 is 0. The summed E-state index contributed by atoms with van der Waals surface area (Å²) in [6.07, 6.45) is 1.47. The van der Waals surface area contributed by atoms with Gasteiger partial charge in [-0.05, 0) is 23.8 Å². The van der Waals surface area contributed by atoms with Crippen molar-refractivity contribution in [2.45, 2.75) is 6.92 Å². The van der Waals surface area contributed by atoms with Gasteiger partial charge in [-0.25, -0.2) is 9.97 Å². The summed E-state index contributed by atoms with van der Waals surface area (Å²) in [6.45, 7) is 1.45. The average molecular weight is 405 g/mol. The maximum atomic E-state index is 11.3. The van der Waals surface area contributed by atoms with Crippen LogP contribution in [0.1, 0.15) is 6.92 Å². The first-order valence-corrected chi connectivity index (χ1v) is 9.51. The molecule has 8 nitrogen and oxygen atoms in total. The molecule has 0 aliphatic heterocycles. The van der Waals surface area contributed by atoms with Gasteiger partial charge < -0.3 is 10.6 Å². The number of carbonyl (C=O) groups is 1. The summed E-state index contributed by atoms with van der Waals surface area (Å²) in [5.74, 6) is 0.426. The highest BCUT2D eigenvalue weighted by Crippen LogP contribution is 2.38. The van der Waals surface area contributed by atoms with Crippen LogP contribution in [0.4, 0.5) is 22.9 Å². The summed E-state index contributed by atoms with van der Waals surface area (Å²) >= 11 is 1.44. The van der Waals surface area contributed by atoms with Crippen LogP contribution in [0.25, 0.3) is 21.3 Å². The molecule has 0 unspecified atom stereocenters. The van der Waals surface area contributed by atoms with Crippen molar-refractivity contribution in [1.29, 1.82) is 0 Å². The quantitative estimate of drug-likeness (QED) is 0.358. The van der Waals surface area contributed by atoms with Crippen LogP contribution in [-0.2, 0) is 4.79 Å². The predicted octanol–water partition coefficient (Wildman–Crippen LogP) is 4.97. The van der Waals surface area contributed by atoms with E-state index in [0.29, 0.717) is 11.5 Å². The molecule has 2 heterocycles. The largest absolute Gasteiger partial charge is 0.340 e. The molecule has 4 aromatic rings. The van der Waals surface area contributed by atoms with Gasteiger partial charge in [-0.2, -0.15) is 0 Å². The van der Waals surface area contributed by atoms with Gasteiger partial charge in [0.05, 0.1) is 10.3 Å². The molecule has 0 saturated heterocycles. The molecule has 144 valence electrons. The van der Waals surface area contributed by atoms with Crippen molar-refractivity contribution in [3.8, 4) is 11.1 Å². The molecule has 0 saturated carbocycles. The fourth-order valence-corrected chi connectivity index (χ4v) is 3.90. The first-order valence-electron chi connectivity index (χ1n) is 8.63. The number of anilines is 3. The lowest BCUT2D eigenvalue weighted by molar-refractivity contribution is -0.384. The number of hydrogen-bond donors (Lipinski definition) is 2. The average Bonchev–Trinajstić information content (AvgIpc) is 3.13. The van der Waals surface area contributed by atoms with Crippen molar-refractivity contribution in [1.82, 2.24) is 9.97 Å². The lowest BCUT2D eigenvalue weighted by atomic mass is 10.1. The number of thiophene rings is 1. The number of rotatable bonds is 5. The number of aromatic nitrogens is 2. The number of fused-ring (bicyclic) bond motifs is 1. The van der Waals surface area contributed by atoms with Crippen molar-refractivity contribution < 1.29 is 9.72 Å². The third kappa shape index (κ3) is 3.90. The van der Waals surface area contributed by atoms with Crippen molar-refractivity contribution in [3.63, 3.8) is 0 Å². The maximum Gasteiger partial charge on any atom is 0.270 e. The van der Waals surface area contributed by atoms with Gasteiger partial charge in [-0.3, -0.25) is 14.9 Å². The van der Waals surface area contributed by atoms with E-state index < -0.39 is 4.92 Å². The summed E-state index contributed by atoms with van der Waals surface area (Å²) in [5.41, 5.74) is 2.96. The van der Waals surface area contributed by atoms with Crippen molar-refractivity contribution in [2.75, 3.05) is 10.6 Å². The lowest BCUT2D eigenvalue weighted by Crippen LogP contribution is -2.05. The Morgan fingerprint density at radius 2 is 1.90 bits per heavy atom. The molecule has 0 aliphatic carbocycles. The Balaban J connectivity index is 1.77. The molecule has 0 spiro atoms. The predicted molar refractivity (Wildman–Crippen MR) is 114 cm³/mol. The van der Waals surface area contributed by atoms with E-state index in [2.05, 4.69) is 20.6 Å². The lowest BCUT2D eigenvalue weighted by Gasteiger charge is -2.10. The third-order valence-corrected chi connectivity index (χ3v) is 5.07. The Labute approximate surface area is 169 Å². The van der Waals surface area contributed by atoms with Crippen molar-refractivity contribution >= 4 is 50.3 Å². The van der Waals surface area contributed by atoms with Crippen LogP contribution in [0.15, 0.2) is 60.2 Å². The normalized spacial score (nSPS) is 10.7. The molecule has 4 rings (SSSR count). The van der Waals surface area contributed by atoms with E-state index in [1.165, 1.54) is 36.7 Å². The molecular weight excluding hydrogens is 390 g/mol. The van der Waals surface area contributed by atoms with Gasteiger partial charge in [0, 0.05) is 41.4 Å². The van der Waals surface area contributed by atoms with Gasteiger partial charge in [0.1, 0.15) is 17.0 Å². The van der Waals surface area contributed by atoms with E-state index in [1.807, 2.05) is 23.6 Å². The Bertz CT molecular complexity index is 1240. The monoisotopic (exact) mass is 405 g/mol. The van der Waals surface area contributed by atoms with Gasteiger partial charge in [0.2, 0.25) is 5.91 Å². The van der Waals surface area contributed by atoms with E-state index in [0.717, 1.165) is 27.0 Å². The molecule has 0 atom stereocenters. The molecule has 0 radical (unpaired) electrons. The van der Waals surface area contributed by atoms with Gasteiger partial charge >= 0.3 is 0 Å². The molecule has 0 aliphatic rings. The number of carbonyl (C=O) groups excluding carboxylic acids is 1. The number of nitrogens with one attached hydrogen (secondary N) is 2. The van der Waals surface area contributed by atoms with Crippen LogP contribution in [0.2, 0.25) is 0 Å². The van der Waals surface area contributed by atoms with E-state index in [-0.39, 0.29) is 11.6 Å². The molecule has 2 N–H and O–H groups in total. The second-order valence-electron chi connectivity index (χ2n) is 6.25. The van der Waals surface area contributed by atoms with Gasteiger partial charge in [0.25, 0.3) is 5.69 Å². The van der Waals surface area contributed by atoms with Gasteiger partial charge in [-0.15, -0.1) is 11.3 Å². The zero-order valence-electron chi connectivity index (χ0n) is 15.2. The summed E-state index contributed by atoms with van der Waals surface area (Å²) in [7, 11) is 0. The van der Waals surface area contributed by atoms with Crippen LogP contribution in [0, 0.1) is 10.1 Å². The summed E-state index contributed by atoms with van der Waals surface area (Å²) in [5, 5.41) is 19.8. The van der Waals surface area contributed by atoms with E-state index in [9.17, 15) is 14.9 Å². The zero-order chi connectivity index (χ0) is 20.4. The number of non-ortho nitro benzene ring substituents is 1. The van der Waals surface area contributed by atoms with Gasteiger partial charge in [0.15, 0.2) is 0 Å². The summed E-state index contributed by atoms with van der Waals surface area (Å²) in [4.78, 5) is 31.5. The van der Waals surface area contributed by atoms with Crippen molar-refractivity contribution in [3.05, 3.63) is 70.4 Å². The highest BCUT2D eigenvalue weighted by molar-refractivity contribution is 7.17. The van der Waals surface area contributed by atoms with E-state index in [4.69, 9.17) is 0 Å². The molecule has 0 bridgehead atoms. The maximum absolute atomic E-state index is 11.3. The Hall–Kier alpha value is -3.85. The summed E-state index contributed by atoms with van der Waals surface area (Å²) in [6, 6.07) is 13.8. The van der Waals surface area contributed by atoms with Gasteiger partial charge in [-0.1, -0.05) is 18.2 Å². The molecular formula is C20H15N5O3S. The fourth-order valence-electron chi connectivity index (χ4n) is 2.98. The standard InChI is InChI=1S/C20H15N5O3S/c1-12(26)23-14-5-3-6-15(9-14)24-19-18-17(10-29-20(18)22-11-21-19)13-4-2-7-16(8-13)25(27)28/h2-11H,1H3,(H,23,26)(H,21,22,24). The Morgan fingerprint density at radius 1 is 1.10 bits per heavy atom. The third-order valence-electron chi connectivity index (χ3n) is 4.18. The zero-order valence-corrected chi connectivity index (χ0v) is 16.1. The van der Waals surface area contributed by atoms with Crippen molar-refractivity contribution in [2.24, 2.45) is 0 Å². The number of benzene rings is 2. The topological polar surface area (TPSA) is 110 Å². The molecule has 2 aromatic carbocycles. The van der Waals surface area contributed by atoms with Crippen LogP contribution >= 0.6 is 11.3 Å². The highest BCUT2D eigenvalue weighted by Gasteiger charge is 2.15. The minimum Gasteiger partial charge on any atom is -0.340 e. The first-order chi connectivity index (χ1) is 14.0.